The van der Waals surface area contributed by atoms with Crippen molar-refractivity contribution >= 4 is 32.5 Å². The molecule has 1 amide bonds. The number of sulfonamides is 1. The number of para-hydroxylation sites is 1. The number of carbonyl (C=O) groups is 1. The molecule has 2 heterocycles. The number of hydrogen-bond acceptors (Lipinski definition) is 3. The normalized spacial score (nSPS) is 13.9. The molecule has 0 bridgehead atoms. The summed E-state index contributed by atoms with van der Waals surface area (Å²) in [7, 11) is -1.74. The molecule has 0 aliphatic carbocycles. The van der Waals surface area contributed by atoms with Crippen LogP contribution < -0.4 is 10.0 Å². The Morgan fingerprint density at radius 3 is 2.76 bits per heavy atom. The first-order chi connectivity index (χ1) is 11.9. The summed E-state index contributed by atoms with van der Waals surface area (Å²) in [6.45, 7) is 0.196. The minimum atomic E-state index is -3.65. The standard InChI is InChI=1S/C18H17N3O3S/c1-21-14(8-12-4-2-3-5-17(12)21)11-19-25(23,24)15-6-7-16-13(9-15)10-18(22)20-16/h2-9,19H,10-11H2,1H3,(H,20,22). The van der Waals surface area contributed by atoms with Crippen molar-refractivity contribution in [2.45, 2.75) is 17.9 Å². The zero-order valence-corrected chi connectivity index (χ0v) is 14.4. The third-order valence-electron chi connectivity index (χ3n) is 4.51. The number of anilines is 1. The summed E-state index contributed by atoms with van der Waals surface area (Å²) in [5.41, 5.74) is 3.32. The average Bonchev–Trinajstić information content (AvgIpc) is 3.12. The summed E-state index contributed by atoms with van der Waals surface area (Å²) in [4.78, 5) is 11.6. The number of nitrogens with one attached hydrogen (secondary N) is 2. The van der Waals surface area contributed by atoms with Gasteiger partial charge < -0.3 is 9.88 Å². The Morgan fingerprint density at radius 1 is 1.16 bits per heavy atom. The maximum Gasteiger partial charge on any atom is 0.240 e. The van der Waals surface area contributed by atoms with Crippen LogP contribution in [0.2, 0.25) is 0 Å². The van der Waals surface area contributed by atoms with Crippen LogP contribution in [-0.2, 0) is 34.8 Å². The van der Waals surface area contributed by atoms with Crippen molar-refractivity contribution in [2.75, 3.05) is 5.32 Å². The zero-order valence-electron chi connectivity index (χ0n) is 13.6. The quantitative estimate of drug-likeness (QED) is 0.752. The zero-order chi connectivity index (χ0) is 17.6. The van der Waals surface area contributed by atoms with Gasteiger partial charge in [-0.05, 0) is 41.3 Å². The molecule has 0 fully saturated rings. The molecule has 0 spiro atoms. The number of benzene rings is 2. The van der Waals surface area contributed by atoms with Gasteiger partial charge in [-0.1, -0.05) is 18.2 Å². The van der Waals surface area contributed by atoms with E-state index in [1.165, 1.54) is 6.07 Å². The molecule has 0 saturated heterocycles. The Bertz CT molecular complexity index is 1100. The Labute approximate surface area is 145 Å². The van der Waals surface area contributed by atoms with Crippen LogP contribution in [-0.4, -0.2) is 18.9 Å². The van der Waals surface area contributed by atoms with Crippen molar-refractivity contribution in [3.8, 4) is 0 Å². The summed E-state index contributed by atoms with van der Waals surface area (Å²) in [6, 6.07) is 14.6. The second kappa shape index (κ2) is 5.72. The van der Waals surface area contributed by atoms with E-state index in [0.29, 0.717) is 11.3 Å². The molecule has 1 aliphatic rings. The lowest BCUT2D eigenvalue weighted by Crippen LogP contribution is -2.24. The number of rotatable bonds is 4. The van der Waals surface area contributed by atoms with Crippen LogP contribution in [0.4, 0.5) is 5.69 Å². The summed E-state index contributed by atoms with van der Waals surface area (Å²) in [5, 5.41) is 3.77. The first-order valence-electron chi connectivity index (χ1n) is 7.90. The molecule has 0 atom stereocenters. The monoisotopic (exact) mass is 355 g/mol. The van der Waals surface area contributed by atoms with Crippen LogP contribution in [0.25, 0.3) is 10.9 Å². The van der Waals surface area contributed by atoms with Gasteiger partial charge in [-0.3, -0.25) is 4.79 Å². The third kappa shape index (κ3) is 2.81. The fourth-order valence-electron chi connectivity index (χ4n) is 3.14. The molecule has 1 aliphatic heterocycles. The highest BCUT2D eigenvalue weighted by molar-refractivity contribution is 7.89. The summed E-state index contributed by atoms with van der Waals surface area (Å²) in [5.74, 6) is -0.118. The van der Waals surface area contributed by atoms with E-state index in [-0.39, 0.29) is 23.8 Å². The maximum absolute atomic E-state index is 12.6. The van der Waals surface area contributed by atoms with Gasteiger partial charge in [0.15, 0.2) is 0 Å². The van der Waals surface area contributed by atoms with Crippen molar-refractivity contribution in [3.05, 3.63) is 59.8 Å². The number of carbonyl (C=O) groups excluding carboxylic acids is 1. The van der Waals surface area contributed by atoms with E-state index in [2.05, 4.69) is 10.0 Å². The van der Waals surface area contributed by atoms with Gasteiger partial charge in [0, 0.05) is 23.9 Å². The van der Waals surface area contributed by atoms with Gasteiger partial charge in [0.1, 0.15) is 0 Å². The lowest BCUT2D eigenvalue weighted by atomic mass is 10.2. The number of amides is 1. The fourth-order valence-corrected chi connectivity index (χ4v) is 4.19. The van der Waals surface area contributed by atoms with Gasteiger partial charge in [-0.15, -0.1) is 0 Å². The second-order valence-electron chi connectivity index (χ2n) is 6.12. The summed E-state index contributed by atoms with van der Waals surface area (Å²) in [6.07, 6.45) is 0.210. The molecule has 128 valence electrons. The molecule has 0 radical (unpaired) electrons. The Balaban J connectivity index is 1.58. The number of hydrogen-bond donors (Lipinski definition) is 2. The molecule has 0 unspecified atom stereocenters. The second-order valence-corrected chi connectivity index (χ2v) is 7.89. The first kappa shape index (κ1) is 15.9. The molecule has 2 aromatic carbocycles. The van der Waals surface area contributed by atoms with E-state index in [4.69, 9.17) is 0 Å². The van der Waals surface area contributed by atoms with Crippen LogP contribution >= 0.6 is 0 Å². The van der Waals surface area contributed by atoms with Gasteiger partial charge in [-0.2, -0.15) is 0 Å². The number of nitrogens with zero attached hydrogens (tertiary/aromatic N) is 1. The van der Waals surface area contributed by atoms with E-state index in [1.54, 1.807) is 12.1 Å². The lowest BCUT2D eigenvalue weighted by molar-refractivity contribution is -0.115. The van der Waals surface area contributed by atoms with E-state index in [9.17, 15) is 13.2 Å². The lowest BCUT2D eigenvalue weighted by Gasteiger charge is -2.09. The minimum Gasteiger partial charge on any atom is -0.346 e. The van der Waals surface area contributed by atoms with Crippen LogP contribution in [0.1, 0.15) is 11.3 Å². The Hall–Kier alpha value is -2.64. The predicted octanol–water partition coefficient (Wildman–Crippen LogP) is 2.15. The van der Waals surface area contributed by atoms with E-state index >= 15 is 0 Å². The Morgan fingerprint density at radius 2 is 1.96 bits per heavy atom. The number of aromatic nitrogens is 1. The van der Waals surface area contributed by atoms with E-state index in [0.717, 1.165) is 16.6 Å². The largest absolute Gasteiger partial charge is 0.346 e. The van der Waals surface area contributed by atoms with Gasteiger partial charge in [0.2, 0.25) is 15.9 Å². The molecule has 4 rings (SSSR count). The summed E-state index contributed by atoms with van der Waals surface area (Å²) < 4.78 is 29.8. The molecule has 1 aromatic heterocycles. The number of fused-ring (bicyclic) bond motifs is 2. The molecular weight excluding hydrogens is 338 g/mol. The van der Waals surface area contributed by atoms with Crippen LogP contribution in [0.5, 0.6) is 0 Å². The SMILES string of the molecule is Cn1c(CNS(=O)(=O)c2ccc3c(c2)CC(=O)N3)cc2ccccc21. The van der Waals surface area contributed by atoms with Crippen molar-refractivity contribution in [2.24, 2.45) is 7.05 Å². The molecule has 25 heavy (non-hydrogen) atoms. The van der Waals surface area contributed by atoms with E-state index < -0.39 is 10.0 Å². The highest BCUT2D eigenvalue weighted by Gasteiger charge is 2.22. The minimum absolute atomic E-state index is 0.118. The molecule has 6 nitrogen and oxygen atoms in total. The van der Waals surface area contributed by atoms with Crippen LogP contribution in [0.15, 0.2) is 53.4 Å². The van der Waals surface area contributed by atoms with Crippen molar-refractivity contribution in [3.63, 3.8) is 0 Å². The summed E-state index contributed by atoms with van der Waals surface area (Å²) >= 11 is 0. The molecule has 2 N–H and O–H groups in total. The van der Waals surface area contributed by atoms with Crippen LogP contribution in [0.3, 0.4) is 0 Å². The average molecular weight is 355 g/mol. The molecular formula is C18H17N3O3S. The molecule has 3 aromatic rings. The van der Waals surface area contributed by atoms with E-state index in [1.807, 2.05) is 41.9 Å². The maximum atomic E-state index is 12.6. The third-order valence-corrected chi connectivity index (χ3v) is 5.91. The molecule has 0 saturated carbocycles. The van der Waals surface area contributed by atoms with Gasteiger partial charge in [0.25, 0.3) is 0 Å². The highest BCUT2D eigenvalue weighted by atomic mass is 32.2. The highest BCUT2D eigenvalue weighted by Crippen LogP contribution is 2.26. The smallest absolute Gasteiger partial charge is 0.240 e. The molecule has 7 heteroatoms. The van der Waals surface area contributed by atoms with Crippen LogP contribution in [0, 0.1) is 0 Å². The van der Waals surface area contributed by atoms with Gasteiger partial charge in [-0.25, -0.2) is 13.1 Å². The first-order valence-corrected chi connectivity index (χ1v) is 9.38. The fraction of sp³-hybridized carbons (Fsp3) is 0.167. The van der Waals surface area contributed by atoms with Crippen molar-refractivity contribution in [1.82, 2.24) is 9.29 Å². The Kier molecular flexibility index (Phi) is 3.63. The van der Waals surface area contributed by atoms with Crippen molar-refractivity contribution < 1.29 is 13.2 Å². The van der Waals surface area contributed by atoms with Crippen molar-refractivity contribution in [1.29, 1.82) is 0 Å². The topological polar surface area (TPSA) is 80.2 Å². The van der Waals surface area contributed by atoms with Gasteiger partial charge in [0.05, 0.1) is 17.9 Å². The van der Waals surface area contributed by atoms with Gasteiger partial charge >= 0.3 is 0 Å². The predicted molar refractivity (Wildman–Crippen MR) is 95.7 cm³/mol. The number of aryl methyl sites for hydroxylation is 1.